The van der Waals surface area contributed by atoms with Crippen molar-refractivity contribution in [2.75, 3.05) is 5.73 Å². The van der Waals surface area contributed by atoms with Crippen molar-refractivity contribution < 1.29 is 0 Å². The second kappa shape index (κ2) is 3.10. The first kappa shape index (κ1) is 9.45. The van der Waals surface area contributed by atoms with Crippen molar-refractivity contribution >= 4 is 16.7 Å². The summed E-state index contributed by atoms with van der Waals surface area (Å²) in [5, 5.41) is 7.39. The molecule has 16 heavy (non-hydrogen) atoms. The van der Waals surface area contributed by atoms with E-state index in [9.17, 15) is 4.79 Å². The molecule has 0 amide bonds. The molecule has 0 aliphatic heterocycles. The molecule has 3 rings (SSSR count). The number of H-pyrrole nitrogens is 1. The Kier molecular flexibility index (Phi) is 1.83. The first-order valence-corrected chi connectivity index (χ1v) is 5.54. The molecule has 0 saturated carbocycles. The number of pyridine rings is 1. The van der Waals surface area contributed by atoms with E-state index < -0.39 is 0 Å². The lowest BCUT2D eigenvalue weighted by Crippen LogP contribution is -2.24. The number of nitrogen functional groups attached to an aromatic ring is 1. The van der Waals surface area contributed by atoms with E-state index in [2.05, 4.69) is 10.2 Å². The molecule has 0 unspecified atom stereocenters. The van der Waals surface area contributed by atoms with Crippen LogP contribution in [0.5, 0.6) is 0 Å². The highest BCUT2D eigenvalue weighted by molar-refractivity contribution is 5.90. The minimum Gasteiger partial charge on any atom is -0.382 e. The lowest BCUT2D eigenvalue weighted by atomic mass is 9.94. The Hall–Kier alpha value is -1.78. The zero-order chi connectivity index (χ0) is 11.3. The summed E-state index contributed by atoms with van der Waals surface area (Å²) in [4.78, 5) is 12.1. The van der Waals surface area contributed by atoms with Gasteiger partial charge in [-0.2, -0.15) is 5.10 Å². The van der Waals surface area contributed by atoms with Gasteiger partial charge in [-0.05, 0) is 31.2 Å². The normalized spacial score (nSPS) is 15.3. The van der Waals surface area contributed by atoms with Crippen LogP contribution in [-0.4, -0.2) is 14.8 Å². The molecule has 1 aliphatic carbocycles. The van der Waals surface area contributed by atoms with E-state index in [0.717, 1.165) is 30.5 Å². The second-order valence-electron chi connectivity index (χ2n) is 4.36. The molecule has 2 heterocycles. The van der Waals surface area contributed by atoms with Crippen LogP contribution in [0, 0.1) is 0 Å². The minimum absolute atomic E-state index is 0.0399. The lowest BCUT2D eigenvalue weighted by Gasteiger charge is -2.19. The van der Waals surface area contributed by atoms with E-state index in [0.29, 0.717) is 11.2 Å². The molecule has 5 nitrogen and oxygen atoms in total. The molecule has 2 aromatic heterocycles. The maximum absolute atomic E-state index is 12.1. The zero-order valence-electron chi connectivity index (χ0n) is 9.21. The van der Waals surface area contributed by atoms with Crippen LogP contribution < -0.4 is 11.3 Å². The monoisotopic (exact) mass is 218 g/mol. The summed E-state index contributed by atoms with van der Waals surface area (Å²) in [6.45, 7) is 0. The van der Waals surface area contributed by atoms with Crippen molar-refractivity contribution in [3.05, 3.63) is 21.6 Å². The van der Waals surface area contributed by atoms with Crippen LogP contribution in [0.3, 0.4) is 0 Å². The standard InChI is InChI=1S/C11H14N4O/c1-15-7-5-3-2-4-6(7)9-8(11(15)16)10(12)14-13-9/h2-5H2,1H3,(H3,12,13,14). The van der Waals surface area contributed by atoms with Gasteiger partial charge in [-0.15, -0.1) is 0 Å². The van der Waals surface area contributed by atoms with Crippen LogP contribution in [0.2, 0.25) is 0 Å². The third kappa shape index (κ3) is 1.05. The third-order valence-electron chi connectivity index (χ3n) is 3.46. The number of rotatable bonds is 0. The first-order chi connectivity index (χ1) is 7.70. The van der Waals surface area contributed by atoms with Crippen LogP contribution in [-0.2, 0) is 19.9 Å². The van der Waals surface area contributed by atoms with Crippen LogP contribution in [0.25, 0.3) is 10.9 Å². The first-order valence-electron chi connectivity index (χ1n) is 5.54. The van der Waals surface area contributed by atoms with Crippen LogP contribution in [0.1, 0.15) is 24.1 Å². The maximum Gasteiger partial charge on any atom is 0.263 e. The predicted molar refractivity (Wildman–Crippen MR) is 62.4 cm³/mol. The largest absolute Gasteiger partial charge is 0.382 e. The molecule has 0 bridgehead atoms. The number of aromatic amines is 1. The van der Waals surface area contributed by atoms with E-state index in [4.69, 9.17) is 5.73 Å². The summed E-state index contributed by atoms with van der Waals surface area (Å²) in [5.74, 6) is 0.309. The number of nitrogens with zero attached hydrogens (tertiary/aromatic N) is 2. The van der Waals surface area contributed by atoms with E-state index in [1.54, 1.807) is 4.57 Å². The fraction of sp³-hybridized carbons (Fsp3) is 0.455. The van der Waals surface area contributed by atoms with Gasteiger partial charge >= 0.3 is 0 Å². The third-order valence-corrected chi connectivity index (χ3v) is 3.46. The molecular weight excluding hydrogens is 204 g/mol. The van der Waals surface area contributed by atoms with Crippen LogP contribution in [0.4, 0.5) is 5.82 Å². The fourth-order valence-corrected chi connectivity index (χ4v) is 2.61. The summed E-state index contributed by atoms with van der Waals surface area (Å²) in [6.07, 6.45) is 4.28. The predicted octanol–water partition coefficient (Wildman–Crippen LogP) is 0.723. The highest BCUT2D eigenvalue weighted by Crippen LogP contribution is 2.27. The van der Waals surface area contributed by atoms with Gasteiger partial charge in [-0.25, -0.2) is 0 Å². The number of hydrogen-bond acceptors (Lipinski definition) is 3. The van der Waals surface area contributed by atoms with Gasteiger partial charge in [0.2, 0.25) is 0 Å². The van der Waals surface area contributed by atoms with Crippen LogP contribution >= 0.6 is 0 Å². The lowest BCUT2D eigenvalue weighted by molar-refractivity contribution is 0.629. The van der Waals surface area contributed by atoms with Crippen molar-refractivity contribution in [2.24, 2.45) is 7.05 Å². The number of fused-ring (bicyclic) bond motifs is 3. The van der Waals surface area contributed by atoms with Gasteiger partial charge < -0.3 is 10.3 Å². The van der Waals surface area contributed by atoms with Crippen molar-refractivity contribution in [1.29, 1.82) is 0 Å². The highest BCUT2D eigenvalue weighted by atomic mass is 16.1. The van der Waals surface area contributed by atoms with E-state index in [1.807, 2.05) is 7.05 Å². The molecule has 1 aliphatic rings. The number of aromatic nitrogens is 3. The van der Waals surface area contributed by atoms with Gasteiger partial charge in [-0.1, -0.05) is 0 Å². The summed E-state index contributed by atoms with van der Waals surface area (Å²) in [6, 6.07) is 0. The number of nitrogens with one attached hydrogen (secondary N) is 1. The van der Waals surface area contributed by atoms with Gasteiger partial charge in [0.25, 0.3) is 5.56 Å². The molecule has 0 radical (unpaired) electrons. The summed E-state index contributed by atoms with van der Waals surface area (Å²) < 4.78 is 1.72. The Morgan fingerprint density at radius 2 is 2.12 bits per heavy atom. The number of aryl methyl sites for hydroxylation is 1. The molecule has 5 heteroatoms. The van der Waals surface area contributed by atoms with Gasteiger partial charge in [0.1, 0.15) is 5.39 Å². The highest BCUT2D eigenvalue weighted by Gasteiger charge is 2.20. The Morgan fingerprint density at radius 1 is 1.38 bits per heavy atom. The quantitative estimate of drug-likeness (QED) is 0.684. The Morgan fingerprint density at radius 3 is 2.94 bits per heavy atom. The number of anilines is 1. The smallest absolute Gasteiger partial charge is 0.263 e. The van der Waals surface area contributed by atoms with Gasteiger partial charge in [-0.3, -0.25) is 9.89 Å². The van der Waals surface area contributed by atoms with Gasteiger partial charge in [0.15, 0.2) is 5.82 Å². The zero-order valence-corrected chi connectivity index (χ0v) is 9.21. The fourth-order valence-electron chi connectivity index (χ4n) is 2.61. The molecule has 0 spiro atoms. The SMILES string of the molecule is Cn1c2c(c3[nH]nc(N)c3c1=O)CCCC2. The van der Waals surface area contributed by atoms with E-state index in [-0.39, 0.29) is 5.56 Å². The summed E-state index contributed by atoms with van der Waals surface area (Å²) >= 11 is 0. The van der Waals surface area contributed by atoms with Crippen molar-refractivity contribution in [2.45, 2.75) is 25.7 Å². The number of hydrogen-bond donors (Lipinski definition) is 2. The maximum atomic E-state index is 12.1. The summed E-state index contributed by atoms with van der Waals surface area (Å²) in [7, 11) is 1.82. The Labute approximate surface area is 92.3 Å². The molecule has 2 aromatic rings. The van der Waals surface area contributed by atoms with Gasteiger partial charge in [0, 0.05) is 12.7 Å². The summed E-state index contributed by atoms with van der Waals surface area (Å²) in [5.41, 5.74) is 8.87. The van der Waals surface area contributed by atoms with Crippen molar-refractivity contribution in [3.63, 3.8) is 0 Å². The van der Waals surface area contributed by atoms with Crippen LogP contribution in [0.15, 0.2) is 4.79 Å². The number of nitrogens with two attached hydrogens (primary N) is 1. The Balaban J connectivity index is 2.52. The average molecular weight is 218 g/mol. The minimum atomic E-state index is -0.0399. The molecule has 0 saturated heterocycles. The van der Waals surface area contributed by atoms with E-state index >= 15 is 0 Å². The molecule has 3 N–H and O–H groups in total. The molecule has 0 aromatic carbocycles. The molecule has 0 fully saturated rings. The molecular formula is C11H14N4O. The average Bonchev–Trinajstić information content (AvgIpc) is 2.69. The topological polar surface area (TPSA) is 76.7 Å². The molecule has 84 valence electrons. The molecule has 0 atom stereocenters. The Bertz CT molecular complexity index is 623. The second-order valence-corrected chi connectivity index (χ2v) is 4.36. The van der Waals surface area contributed by atoms with Crippen molar-refractivity contribution in [1.82, 2.24) is 14.8 Å². The van der Waals surface area contributed by atoms with Gasteiger partial charge in [0.05, 0.1) is 5.52 Å². The van der Waals surface area contributed by atoms with Crippen molar-refractivity contribution in [3.8, 4) is 0 Å². The van der Waals surface area contributed by atoms with E-state index in [1.165, 1.54) is 12.0 Å².